The molecule has 0 heterocycles. The van der Waals surface area contributed by atoms with Gasteiger partial charge in [-0.15, -0.1) is 0 Å². The summed E-state index contributed by atoms with van der Waals surface area (Å²) in [4.78, 5) is 33.0. The third kappa shape index (κ3) is 3.68. The van der Waals surface area contributed by atoms with E-state index in [2.05, 4.69) is 10.6 Å². The van der Waals surface area contributed by atoms with Crippen LogP contribution >= 0.6 is 0 Å². The van der Waals surface area contributed by atoms with E-state index >= 15 is 0 Å². The summed E-state index contributed by atoms with van der Waals surface area (Å²) in [5.41, 5.74) is 0.857. The lowest BCUT2D eigenvalue weighted by atomic mass is 10.1. The molecule has 1 saturated carbocycles. The van der Waals surface area contributed by atoms with Crippen LogP contribution in [0.3, 0.4) is 0 Å². The highest BCUT2D eigenvalue weighted by atomic mass is 16.6. The summed E-state index contributed by atoms with van der Waals surface area (Å²) in [5.74, 6) is -1.08. The minimum Gasteiger partial charge on any atom is -0.480 e. The highest BCUT2D eigenvalue weighted by molar-refractivity contribution is 5.93. The molecule has 0 aliphatic heterocycles. The highest BCUT2D eigenvalue weighted by Gasteiger charge is 2.37. The van der Waals surface area contributed by atoms with Crippen molar-refractivity contribution in [1.29, 1.82) is 0 Å². The van der Waals surface area contributed by atoms with Crippen LogP contribution in [-0.4, -0.2) is 28.1 Å². The van der Waals surface area contributed by atoms with Gasteiger partial charge in [0.05, 0.1) is 4.92 Å². The summed E-state index contributed by atoms with van der Waals surface area (Å²) in [5, 5.41) is 24.6. The molecule has 0 bridgehead atoms. The number of benzene rings is 1. The van der Waals surface area contributed by atoms with Crippen molar-refractivity contribution in [2.24, 2.45) is 5.92 Å². The van der Waals surface area contributed by atoms with Crippen molar-refractivity contribution in [1.82, 2.24) is 5.32 Å². The van der Waals surface area contributed by atoms with Crippen molar-refractivity contribution in [2.45, 2.75) is 25.8 Å². The molecule has 0 spiro atoms. The van der Waals surface area contributed by atoms with Gasteiger partial charge in [0.2, 0.25) is 0 Å². The Hall–Kier alpha value is -2.64. The molecule has 8 heteroatoms. The maximum atomic E-state index is 11.8. The maximum Gasteiger partial charge on any atom is 0.326 e. The van der Waals surface area contributed by atoms with E-state index in [1.807, 2.05) is 0 Å². The summed E-state index contributed by atoms with van der Waals surface area (Å²) in [6.07, 6.45) is 1.57. The topological polar surface area (TPSA) is 122 Å². The number of urea groups is 1. The number of hydrogen-bond acceptors (Lipinski definition) is 4. The normalized spacial score (nSPS) is 15.1. The molecular weight excluding hydrogens is 278 g/mol. The van der Waals surface area contributed by atoms with Gasteiger partial charge in [-0.2, -0.15) is 0 Å². The molecule has 1 aromatic rings. The fourth-order valence-corrected chi connectivity index (χ4v) is 2.01. The molecule has 1 unspecified atom stereocenters. The second-order valence-corrected chi connectivity index (χ2v) is 5.01. The Morgan fingerprint density at radius 3 is 2.57 bits per heavy atom. The first kappa shape index (κ1) is 14.8. The second kappa shape index (κ2) is 5.78. The Labute approximate surface area is 120 Å². The first-order valence-corrected chi connectivity index (χ1v) is 6.44. The maximum absolute atomic E-state index is 11.8. The van der Waals surface area contributed by atoms with Gasteiger partial charge in [0.1, 0.15) is 6.04 Å². The SMILES string of the molecule is Cc1cc([N+](=O)[O-])ccc1NC(=O)NC(C(=O)O)C1CC1. The molecule has 1 aromatic carbocycles. The van der Waals surface area contributed by atoms with Crippen LogP contribution in [0, 0.1) is 23.0 Å². The van der Waals surface area contributed by atoms with E-state index in [9.17, 15) is 19.7 Å². The number of hydrogen-bond donors (Lipinski definition) is 3. The number of nitro groups is 1. The first-order valence-electron chi connectivity index (χ1n) is 6.44. The van der Waals surface area contributed by atoms with E-state index in [0.29, 0.717) is 11.3 Å². The fraction of sp³-hybridized carbons (Fsp3) is 0.385. The van der Waals surface area contributed by atoms with Gasteiger partial charge in [0, 0.05) is 17.8 Å². The van der Waals surface area contributed by atoms with Crippen molar-refractivity contribution < 1.29 is 19.6 Å². The zero-order chi connectivity index (χ0) is 15.6. The molecule has 3 N–H and O–H groups in total. The van der Waals surface area contributed by atoms with Gasteiger partial charge < -0.3 is 15.7 Å². The van der Waals surface area contributed by atoms with Crippen molar-refractivity contribution in [3.8, 4) is 0 Å². The number of nitrogens with zero attached hydrogens (tertiary/aromatic N) is 1. The van der Waals surface area contributed by atoms with Crippen LogP contribution in [0.4, 0.5) is 16.2 Å². The Balaban J connectivity index is 2.02. The number of nitro benzene ring substituents is 1. The predicted octanol–water partition coefficient (Wildman–Crippen LogP) is 1.89. The van der Waals surface area contributed by atoms with Crippen LogP contribution in [0.15, 0.2) is 18.2 Å². The largest absolute Gasteiger partial charge is 0.480 e. The van der Waals surface area contributed by atoms with E-state index in [-0.39, 0.29) is 11.6 Å². The molecule has 112 valence electrons. The van der Waals surface area contributed by atoms with Crippen molar-refractivity contribution >= 4 is 23.4 Å². The molecular formula is C13H15N3O5. The third-order valence-electron chi connectivity index (χ3n) is 3.32. The fourth-order valence-electron chi connectivity index (χ4n) is 2.01. The summed E-state index contributed by atoms with van der Waals surface area (Å²) in [7, 11) is 0. The number of aryl methyl sites for hydroxylation is 1. The van der Waals surface area contributed by atoms with Crippen molar-refractivity contribution in [3.05, 3.63) is 33.9 Å². The Bertz CT molecular complexity index is 597. The molecule has 2 amide bonds. The number of carboxylic acids is 1. The van der Waals surface area contributed by atoms with Gasteiger partial charge in [-0.05, 0) is 37.3 Å². The predicted molar refractivity (Wildman–Crippen MR) is 74.1 cm³/mol. The van der Waals surface area contributed by atoms with Gasteiger partial charge in [0.15, 0.2) is 0 Å². The van der Waals surface area contributed by atoms with Crippen LogP contribution in [0.2, 0.25) is 0 Å². The van der Waals surface area contributed by atoms with Crippen LogP contribution in [0.1, 0.15) is 18.4 Å². The summed E-state index contributed by atoms with van der Waals surface area (Å²) >= 11 is 0. The van der Waals surface area contributed by atoms with Crippen LogP contribution in [-0.2, 0) is 4.79 Å². The number of rotatable bonds is 5. The van der Waals surface area contributed by atoms with Gasteiger partial charge in [-0.1, -0.05) is 0 Å². The average Bonchev–Trinajstić information content (AvgIpc) is 3.22. The highest BCUT2D eigenvalue weighted by Crippen LogP contribution is 2.32. The molecule has 1 fully saturated rings. The zero-order valence-corrected chi connectivity index (χ0v) is 11.3. The van der Waals surface area contributed by atoms with Gasteiger partial charge >= 0.3 is 12.0 Å². The molecule has 0 saturated heterocycles. The van der Waals surface area contributed by atoms with E-state index in [4.69, 9.17) is 5.11 Å². The van der Waals surface area contributed by atoms with Gasteiger partial charge in [-0.25, -0.2) is 9.59 Å². The minimum atomic E-state index is -1.06. The van der Waals surface area contributed by atoms with E-state index in [0.717, 1.165) is 12.8 Å². The summed E-state index contributed by atoms with van der Waals surface area (Å²) < 4.78 is 0. The first-order chi connectivity index (χ1) is 9.88. The number of carbonyl (C=O) groups excluding carboxylic acids is 1. The number of anilines is 1. The average molecular weight is 293 g/mol. The molecule has 0 aromatic heterocycles. The minimum absolute atomic E-state index is 0.0220. The number of carbonyl (C=O) groups is 2. The lowest BCUT2D eigenvalue weighted by Crippen LogP contribution is -2.44. The van der Waals surface area contributed by atoms with Crippen molar-refractivity contribution in [3.63, 3.8) is 0 Å². The van der Waals surface area contributed by atoms with Crippen LogP contribution in [0.25, 0.3) is 0 Å². The molecule has 0 radical (unpaired) electrons. The number of aliphatic carboxylic acids is 1. The molecule has 8 nitrogen and oxygen atoms in total. The lowest BCUT2D eigenvalue weighted by Gasteiger charge is -2.15. The molecule has 1 atom stereocenters. The van der Waals surface area contributed by atoms with Crippen LogP contribution < -0.4 is 10.6 Å². The Morgan fingerprint density at radius 1 is 1.43 bits per heavy atom. The molecule has 21 heavy (non-hydrogen) atoms. The number of nitrogens with one attached hydrogen (secondary N) is 2. The standard InChI is InChI=1S/C13H15N3O5/c1-7-6-9(16(20)21)4-5-10(7)14-13(19)15-11(12(17)18)8-2-3-8/h4-6,8,11H,2-3H2,1H3,(H,17,18)(H2,14,15,19). The number of non-ortho nitro benzene ring substituents is 1. The van der Waals surface area contributed by atoms with Crippen LogP contribution in [0.5, 0.6) is 0 Å². The van der Waals surface area contributed by atoms with Gasteiger partial charge in [0.25, 0.3) is 5.69 Å². The summed E-state index contributed by atoms with van der Waals surface area (Å²) in [6, 6.07) is 2.50. The monoisotopic (exact) mass is 293 g/mol. The molecule has 1 aliphatic rings. The van der Waals surface area contributed by atoms with Crippen molar-refractivity contribution in [2.75, 3.05) is 5.32 Å². The van der Waals surface area contributed by atoms with E-state index < -0.39 is 23.0 Å². The van der Waals surface area contributed by atoms with Gasteiger partial charge in [-0.3, -0.25) is 10.1 Å². The number of amides is 2. The lowest BCUT2D eigenvalue weighted by molar-refractivity contribution is -0.384. The Kier molecular flexibility index (Phi) is 4.06. The van der Waals surface area contributed by atoms with E-state index in [1.165, 1.54) is 18.2 Å². The van der Waals surface area contributed by atoms with E-state index in [1.54, 1.807) is 6.92 Å². The second-order valence-electron chi connectivity index (χ2n) is 5.01. The molecule has 2 rings (SSSR count). The third-order valence-corrected chi connectivity index (χ3v) is 3.32. The Morgan fingerprint density at radius 2 is 2.10 bits per heavy atom. The quantitative estimate of drug-likeness (QED) is 0.565. The molecule has 1 aliphatic carbocycles. The summed E-state index contributed by atoms with van der Waals surface area (Å²) in [6.45, 7) is 1.62. The zero-order valence-electron chi connectivity index (χ0n) is 11.3. The smallest absolute Gasteiger partial charge is 0.326 e. The number of carboxylic acid groups (broad SMARTS) is 1.